The molecule has 0 saturated carbocycles. The highest BCUT2D eigenvalue weighted by atomic mass is 32.2. The quantitative estimate of drug-likeness (QED) is 0.598. The van der Waals surface area contributed by atoms with Crippen molar-refractivity contribution in [2.24, 2.45) is 0 Å². The van der Waals surface area contributed by atoms with E-state index in [2.05, 4.69) is 11.5 Å². The average Bonchev–Trinajstić information content (AvgIpc) is 3.16. The zero-order chi connectivity index (χ0) is 22.0. The van der Waals surface area contributed by atoms with Gasteiger partial charge in [-0.25, -0.2) is 15.0 Å². The molecule has 2 aliphatic heterocycles. The molecule has 0 spiro atoms. The number of nitrogens with zero attached hydrogens (tertiary/aromatic N) is 4. The van der Waals surface area contributed by atoms with Gasteiger partial charge in [-0.2, -0.15) is 18.4 Å². The van der Waals surface area contributed by atoms with Gasteiger partial charge < -0.3 is 19.6 Å². The van der Waals surface area contributed by atoms with Gasteiger partial charge in [-0.3, -0.25) is 9.80 Å². The highest BCUT2D eigenvalue weighted by Crippen LogP contribution is 2.20. The molecule has 14 heteroatoms. The van der Waals surface area contributed by atoms with Gasteiger partial charge in [-0.05, 0) is 0 Å². The number of aliphatic carboxylic acids is 1. The minimum Gasteiger partial charge on any atom is -0.475 e. The lowest BCUT2D eigenvalue weighted by atomic mass is 10.3. The molecule has 0 aromatic carbocycles. The van der Waals surface area contributed by atoms with Crippen LogP contribution in [0.5, 0.6) is 0 Å². The summed E-state index contributed by atoms with van der Waals surface area (Å²) < 4.78 is 37.0. The number of urea groups is 1. The molecular formula is C15H22F3N5O5S. The number of nitrogens with one attached hydrogen (secondary N) is 1. The van der Waals surface area contributed by atoms with Crippen LogP contribution >= 0.6 is 11.8 Å². The van der Waals surface area contributed by atoms with Crippen molar-refractivity contribution < 1.29 is 37.4 Å². The number of hydrogen-bond donors (Lipinski definition) is 2. The zero-order valence-corrected chi connectivity index (χ0v) is 16.5. The number of carboxylic acids is 1. The number of carboxylic acid groups (broad SMARTS) is 1. The summed E-state index contributed by atoms with van der Waals surface area (Å²) >= 11 is 1.55. The second-order valence-electron chi connectivity index (χ2n) is 5.79. The normalized spacial score (nSPS) is 19.1. The molecule has 1 unspecified atom stereocenters. The van der Waals surface area contributed by atoms with E-state index in [-0.39, 0.29) is 18.5 Å². The molecular weight excluding hydrogens is 419 g/mol. The van der Waals surface area contributed by atoms with Gasteiger partial charge in [-0.1, -0.05) is 6.92 Å². The first kappa shape index (κ1) is 24.8. The maximum absolute atomic E-state index is 12.5. The van der Waals surface area contributed by atoms with Gasteiger partial charge in [0, 0.05) is 25.4 Å². The molecule has 164 valence electrons. The highest BCUT2D eigenvalue weighted by Gasteiger charge is 2.38. The number of alkyl halides is 3. The summed E-state index contributed by atoms with van der Waals surface area (Å²) in [7, 11) is 0. The van der Waals surface area contributed by atoms with Crippen molar-refractivity contribution in [3.05, 3.63) is 0 Å². The summed E-state index contributed by atoms with van der Waals surface area (Å²) in [6.45, 7) is 4.42. The van der Waals surface area contributed by atoms with Crippen molar-refractivity contribution >= 4 is 29.7 Å². The third kappa shape index (κ3) is 7.95. The third-order valence-electron chi connectivity index (χ3n) is 3.75. The molecule has 3 amide bonds. The number of thioether (sulfide) groups is 1. The smallest absolute Gasteiger partial charge is 0.475 e. The third-order valence-corrected chi connectivity index (χ3v) is 4.76. The number of ether oxygens (including phenoxy) is 1. The zero-order valence-electron chi connectivity index (χ0n) is 15.6. The number of morpholine rings is 1. The molecule has 0 aromatic rings. The van der Waals surface area contributed by atoms with E-state index in [1.165, 1.54) is 9.91 Å². The summed E-state index contributed by atoms with van der Waals surface area (Å²) in [5.74, 6) is -1.84. The fourth-order valence-corrected chi connectivity index (χ4v) is 3.43. The minimum atomic E-state index is -5.08. The lowest BCUT2D eigenvalue weighted by Gasteiger charge is -2.33. The van der Waals surface area contributed by atoms with Crippen LogP contribution in [0.15, 0.2) is 0 Å². The van der Waals surface area contributed by atoms with Gasteiger partial charge in [0.2, 0.25) is 5.91 Å². The molecule has 2 aliphatic rings. The van der Waals surface area contributed by atoms with Crippen LogP contribution in [-0.2, 0) is 14.3 Å². The largest absolute Gasteiger partial charge is 0.490 e. The number of rotatable bonds is 4. The van der Waals surface area contributed by atoms with Gasteiger partial charge in [0.15, 0.2) is 0 Å². The maximum atomic E-state index is 12.5. The number of carbonyl (C=O) groups excluding carboxylic acids is 2. The molecule has 2 rings (SSSR count). The fourth-order valence-electron chi connectivity index (χ4n) is 2.33. The standard InChI is InChI=1S/C13H21N5O3S.C2HF3O2/c1-2-15-18(13(20)16-3-5-21-6-4-16)8-12(19)17-10-22-9-11(17)7-14;3-2(4,5)1(6)7/h11,15H,2-6,8-10H2,1H3;(H,6,7). The molecule has 0 aliphatic carbocycles. The summed E-state index contributed by atoms with van der Waals surface area (Å²) in [6.07, 6.45) is -5.08. The summed E-state index contributed by atoms with van der Waals surface area (Å²) in [5, 5.41) is 17.5. The van der Waals surface area contributed by atoms with Crippen molar-refractivity contribution in [2.45, 2.75) is 19.1 Å². The molecule has 0 aromatic heterocycles. The van der Waals surface area contributed by atoms with Gasteiger partial charge in [0.25, 0.3) is 0 Å². The predicted molar refractivity (Wildman–Crippen MR) is 95.4 cm³/mol. The molecule has 29 heavy (non-hydrogen) atoms. The van der Waals surface area contributed by atoms with Crippen LogP contribution in [0, 0.1) is 11.3 Å². The Labute approximate surface area is 169 Å². The second-order valence-corrected chi connectivity index (χ2v) is 6.79. The molecule has 1 atom stereocenters. The number of nitriles is 1. The summed E-state index contributed by atoms with van der Waals surface area (Å²) in [4.78, 5) is 36.9. The van der Waals surface area contributed by atoms with Crippen molar-refractivity contribution in [2.75, 3.05) is 51.0 Å². The molecule has 2 fully saturated rings. The van der Waals surface area contributed by atoms with Gasteiger partial charge in [0.05, 0.1) is 25.2 Å². The van der Waals surface area contributed by atoms with Crippen molar-refractivity contribution in [1.29, 1.82) is 5.26 Å². The monoisotopic (exact) mass is 441 g/mol. The predicted octanol–water partition coefficient (Wildman–Crippen LogP) is 0.323. The number of hydrazine groups is 1. The first-order valence-corrected chi connectivity index (χ1v) is 9.71. The van der Waals surface area contributed by atoms with E-state index in [4.69, 9.17) is 19.9 Å². The maximum Gasteiger partial charge on any atom is 0.490 e. The molecule has 2 saturated heterocycles. The first-order valence-electron chi connectivity index (χ1n) is 8.56. The molecule has 0 radical (unpaired) electrons. The van der Waals surface area contributed by atoms with Gasteiger partial charge in [-0.15, -0.1) is 11.8 Å². The molecule has 2 N–H and O–H groups in total. The Bertz CT molecular complexity index is 624. The first-order chi connectivity index (χ1) is 13.6. The van der Waals surface area contributed by atoms with Crippen LogP contribution in [0.3, 0.4) is 0 Å². The highest BCUT2D eigenvalue weighted by molar-refractivity contribution is 7.99. The lowest BCUT2D eigenvalue weighted by molar-refractivity contribution is -0.192. The van der Waals surface area contributed by atoms with E-state index in [1.807, 2.05) is 6.92 Å². The Balaban J connectivity index is 0.000000516. The van der Waals surface area contributed by atoms with Gasteiger partial charge >= 0.3 is 18.2 Å². The lowest BCUT2D eigenvalue weighted by Crippen LogP contribution is -2.56. The van der Waals surface area contributed by atoms with Crippen LogP contribution in [0.2, 0.25) is 0 Å². The number of hydrogen-bond acceptors (Lipinski definition) is 7. The van der Waals surface area contributed by atoms with E-state index in [1.54, 1.807) is 16.7 Å². The Hall–Kier alpha value is -2.24. The van der Waals surface area contributed by atoms with Crippen LogP contribution < -0.4 is 5.43 Å². The van der Waals surface area contributed by atoms with E-state index in [0.717, 1.165) is 0 Å². The van der Waals surface area contributed by atoms with Crippen LogP contribution in [0.25, 0.3) is 0 Å². The Morgan fingerprint density at radius 2 is 1.93 bits per heavy atom. The fraction of sp³-hybridized carbons (Fsp3) is 0.733. The average molecular weight is 441 g/mol. The van der Waals surface area contributed by atoms with E-state index in [9.17, 15) is 22.8 Å². The number of halogens is 3. The Kier molecular flexibility index (Phi) is 9.99. The molecule has 0 bridgehead atoms. The summed E-state index contributed by atoms with van der Waals surface area (Å²) in [6, 6.07) is 1.50. The van der Waals surface area contributed by atoms with Crippen molar-refractivity contribution in [3.8, 4) is 6.07 Å². The van der Waals surface area contributed by atoms with Crippen molar-refractivity contribution in [3.63, 3.8) is 0 Å². The van der Waals surface area contributed by atoms with Gasteiger partial charge in [0.1, 0.15) is 12.6 Å². The number of amides is 3. The molecule has 10 nitrogen and oxygen atoms in total. The SMILES string of the molecule is CCNN(CC(=O)N1CSCC1C#N)C(=O)N1CCOCC1.O=C(O)C(F)(F)F. The van der Waals surface area contributed by atoms with Crippen LogP contribution in [-0.4, -0.2) is 101 Å². The van der Waals surface area contributed by atoms with E-state index >= 15 is 0 Å². The molecule has 2 heterocycles. The Morgan fingerprint density at radius 3 is 2.41 bits per heavy atom. The van der Waals surface area contributed by atoms with Crippen LogP contribution in [0.1, 0.15) is 6.92 Å². The summed E-state index contributed by atoms with van der Waals surface area (Å²) in [5.41, 5.74) is 2.93. The Morgan fingerprint density at radius 1 is 1.34 bits per heavy atom. The van der Waals surface area contributed by atoms with Crippen molar-refractivity contribution in [1.82, 2.24) is 20.2 Å². The number of carbonyl (C=O) groups is 3. The van der Waals surface area contributed by atoms with E-state index in [0.29, 0.717) is 44.5 Å². The second kappa shape index (κ2) is 11.7. The van der Waals surface area contributed by atoms with E-state index < -0.39 is 18.2 Å². The minimum absolute atomic E-state index is 0.0667. The topological polar surface area (TPSA) is 126 Å². The van der Waals surface area contributed by atoms with Crippen LogP contribution in [0.4, 0.5) is 18.0 Å².